The highest BCUT2D eigenvalue weighted by molar-refractivity contribution is 7.89. The van der Waals surface area contributed by atoms with E-state index in [0.29, 0.717) is 11.8 Å². The fraction of sp³-hybridized carbons (Fsp3) is 0.250. The van der Waals surface area contributed by atoms with Crippen LogP contribution in [0.3, 0.4) is 0 Å². The van der Waals surface area contributed by atoms with Crippen molar-refractivity contribution in [2.75, 3.05) is 37.6 Å². The lowest BCUT2D eigenvalue weighted by Gasteiger charge is -2.37. The number of fused-ring (bicyclic) bond motifs is 1. The average molecular weight is 503 g/mol. The second kappa shape index (κ2) is 10.3. The number of piperazine rings is 1. The van der Waals surface area contributed by atoms with Crippen LogP contribution in [-0.4, -0.2) is 56.1 Å². The Morgan fingerprint density at radius 1 is 0.861 bits per heavy atom. The number of aromatic hydroxyl groups is 1. The summed E-state index contributed by atoms with van der Waals surface area (Å²) in [7, 11) is -3.87. The summed E-state index contributed by atoms with van der Waals surface area (Å²) >= 11 is 0. The van der Waals surface area contributed by atoms with Crippen LogP contribution in [0.15, 0.2) is 90.0 Å². The van der Waals surface area contributed by atoms with Gasteiger partial charge in [0.1, 0.15) is 5.75 Å². The third kappa shape index (κ3) is 5.36. The van der Waals surface area contributed by atoms with Gasteiger partial charge in [-0.3, -0.25) is 9.88 Å². The van der Waals surface area contributed by atoms with Gasteiger partial charge in [0.15, 0.2) is 0 Å². The standard InChI is InChI=1S/C28H30N4O3S/c29-36(34,35)27-8-4-7-26-25(27)13-14-30-28(26)22(19-21-9-11-24(33)12-10-21)20-31-15-17-32(18-16-31)23-5-2-1-3-6-23/h1-14,22,33H,15-20H2,(H2,29,34,35). The predicted octanol–water partition coefficient (Wildman–Crippen LogP) is 3.74. The topological polar surface area (TPSA) is 99.8 Å². The Labute approximate surface area is 211 Å². The Kier molecular flexibility index (Phi) is 6.91. The maximum absolute atomic E-state index is 12.2. The smallest absolute Gasteiger partial charge is 0.238 e. The molecule has 3 aromatic carbocycles. The summed E-state index contributed by atoms with van der Waals surface area (Å²) < 4.78 is 24.5. The van der Waals surface area contributed by atoms with E-state index < -0.39 is 10.0 Å². The molecule has 1 fully saturated rings. The molecule has 0 bridgehead atoms. The Morgan fingerprint density at radius 2 is 1.58 bits per heavy atom. The van der Waals surface area contributed by atoms with E-state index in [1.807, 2.05) is 24.3 Å². The molecule has 5 rings (SSSR count). The van der Waals surface area contributed by atoms with E-state index in [1.54, 1.807) is 36.5 Å². The molecule has 1 aliphatic rings. The van der Waals surface area contributed by atoms with E-state index in [1.165, 1.54) is 5.69 Å². The number of aromatic nitrogens is 1. The zero-order valence-electron chi connectivity index (χ0n) is 20.0. The van der Waals surface area contributed by atoms with Gasteiger partial charge in [-0.2, -0.15) is 0 Å². The molecular formula is C28H30N4O3S. The molecule has 3 N–H and O–H groups in total. The summed E-state index contributed by atoms with van der Waals surface area (Å²) in [5.41, 5.74) is 3.18. The normalized spacial score (nSPS) is 15.8. The number of rotatable bonds is 7. The van der Waals surface area contributed by atoms with Crippen molar-refractivity contribution >= 4 is 26.5 Å². The van der Waals surface area contributed by atoms with Crippen molar-refractivity contribution in [3.63, 3.8) is 0 Å². The van der Waals surface area contributed by atoms with Crippen molar-refractivity contribution in [2.45, 2.75) is 17.2 Å². The molecule has 1 aliphatic heterocycles. The minimum absolute atomic E-state index is 0.0252. The molecule has 4 aromatic rings. The highest BCUT2D eigenvalue weighted by Crippen LogP contribution is 2.31. The van der Waals surface area contributed by atoms with Gasteiger partial charge in [-0.1, -0.05) is 42.5 Å². The van der Waals surface area contributed by atoms with Crippen LogP contribution in [0.25, 0.3) is 10.8 Å². The van der Waals surface area contributed by atoms with Crippen molar-refractivity contribution < 1.29 is 13.5 Å². The summed E-state index contributed by atoms with van der Waals surface area (Å²) in [6.45, 7) is 4.51. The van der Waals surface area contributed by atoms with E-state index >= 15 is 0 Å². The first kappa shape index (κ1) is 24.2. The summed E-state index contributed by atoms with van der Waals surface area (Å²) in [6.07, 6.45) is 2.38. The molecule has 7 nitrogen and oxygen atoms in total. The van der Waals surface area contributed by atoms with Crippen molar-refractivity contribution in [3.05, 3.63) is 96.3 Å². The molecule has 0 spiro atoms. The van der Waals surface area contributed by atoms with Gasteiger partial charge in [0, 0.05) is 61.3 Å². The number of benzene rings is 3. The number of anilines is 1. The highest BCUT2D eigenvalue weighted by Gasteiger charge is 2.25. The van der Waals surface area contributed by atoms with Crippen molar-refractivity contribution in [1.82, 2.24) is 9.88 Å². The van der Waals surface area contributed by atoms with E-state index in [0.717, 1.165) is 49.4 Å². The van der Waals surface area contributed by atoms with Crippen LogP contribution in [0, 0.1) is 0 Å². The van der Waals surface area contributed by atoms with Gasteiger partial charge in [0.05, 0.1) is 10.6 Å². The van der Waals surface area contributed by atoms with Crippen LogP contribution in [-0.2, 0) is 16.4 Å². The molecule has 186 valence electrons. The molecule has 0 radical (unpaired) electrons. The molecule has 8 heteroatoms. The second-order valence-corrected chi connectivity index (χ2v) is 10.8. The largest absolute Gasteiger partial charge is 0.508 e. The molecule has 1 atom stereocenters. The van der Waals surface area contributed by atoms with Gasteiger partial charge >= 0.3 is 0 Å². The Morgan fingerprint density at radius 3 is 2.28 bits per heavy atom. The second-order valence-electron chi connectivity index (χ2n) is 9.28. The minimum Gasteiger partial charge on any atom is -0.508 e. The summed E-state index contributed by atoms with van der Waals surface area (Å²) in [6, 6.07) is 24.6. The van der Waals surface area contributed by atoms with Gasteiger partial charge in [0.25, 0.3) is 0 Å². The number of sulfonamides is 1. The molecule has 36 heavy (non-hydrogen) atoms. The Balaban J connectivity index is 1.45. The number of nitrogens with two attached hydrogens (primary N) is 1. The fourth-order valence-corrected chi connectivity index (χ4v) is 5.83. The number of hydrogen-bond acceptors (Lipinski definition) is 6. The average Bonchev–Trinajstić information content (AvgIpc) is 2.89. The minimum atomic E-state index is -3.87. The molecular weight excluding hydrogens is 472 g/mol. The van der Waals surface area contributed by atoms with Crippen LogP contribution in [0.2, 0.25) is 0 Å². The summed E-state index contributed by atoms with van der Waals surface area (Å²) in [4.78, 5) is 9.72. The summed E-state index contributed by atoms with van der Waals surface area (Å²) in [5.74, 6) is 0.255. The first-order valence-electron chi connectivity index (χ1n) is 12.1. The van der Waals surface area contributed by atoms with Crippen molar-refractivity contribution in [3.8, 4) is 5.75 Å². The number of phenolic OH excluding ortho intramolecular Hbond substituents is 1. The van der Waals surface area contributed by atoms with Crippen LogP contribution < -0.4 is 10.0 Å². The zero-order valence-corrected chi connectivity index (χ0v) is 20.8. The lowest BCUT2D eigenvalue weighted by molar-refractivity contribution is 0.240. The van der Waals surface area contributed by atoms with Crippen molar-refractivity contribution in [1.29, 1.82) is 0 Å². The van der Waals surface area contributed by atoms with Crippen LogP contribution in [0.5, 0.6) is 5.75 Å². The number of hydrogen-bond donors (Lipinski definition) is 2. The van der Waals surface area contributed by atoms with Crippen LogP contribution in [0.1, 0.15) is 17.2 Å². The highest BCUT2D eigenvalue weighted by atomic mass is 32.2. The van der Waals surface area contributed by atoms with Gasteiger partial charge in [0.2, 0.25) is 10.0 Å². The zero-order chi connectivity index (χ0) is 25.1. The van der Waals surface area contributed by atoms with Gasteiger partial charge in [-0.25, -0.2) is 13.6 Å². The van der Waals surface area contributed by atoms with E-state index in [-0.39, 0.29) is 16.6 Å². The molecule has 0 saturated carbocycles. The number of phenols is 1. The number of primary sulfonamides is 1. The van der Waals surface area contributed by atoms with Gasteiger partial charge in [-0.15, -0.1) is 0 Å². The molecule has 2 heterocycles. The van der Waals surface area contributed by atoms with E-state index in [9.17, 15) is 13.5 Å². The quantitative estimate of drug-likeness (QED) is 0.399. The van der Waals surface area contributed by atoms with Crippen molar-refractivity contribution in [2.24, 2.45) is 5.14 Å². The van der Waals surface area contributed by atoms with Gasteiger partial charge in [-0.05, 0) is 48.4 Å². The molecule has 1 unspecified atom stereocenters. The molecule has 0 aliphatic carbocycles. The van der Waals surface area contributed by atoms with Crippen LogP contribution in [0.4, 0.5) is 5.69 Å². The number of nitrogens with zero attached hydrogens (tertiary/aromatic N) is 3. The number of para-hydroxylation sites is 1. The van der Waals surface area contributed by atoms with E-state index in [4.69, 9.17) is 10.1 Å². The maximum Gasteiger partial charge on any atom is 0.238 e. The Bertz CT molecular complexity index is 1440. The molecule has 1 saturated heterocycles. The maximum atomic E-state index is 12.2. The first-order chi connectivity index (χ1) is 17.4. The van der Waals surface area contributed by atoms with Gasteiger partial charge < -0.3 is 10.0 Å². The first-order valence-corrected chi connectivity index (χ1v) is 13.6. The third-order valence-electron chi connectivity index (χ3n) is 6.88. The third-order valence-corrected chi connectivity index (χ3v) is 7.85. The molecule has 1 aromatic heterocycles. The summed E-state index contributed by atoms with van der Waals surface area (Å²) in [5, 5.41) is 16.6. The lowest BCUT2D eigenvalue weighted by atomic mass is 9.91. The number of pyridine rings is 1. The predicted molar refractivity (Wildman–Crippen MR) is 143 cm³/mol. The fourth-order valence-electron chi connectivity index (χ4n) is 5.08. The molecule has 0 amide bonds. The van der Waals surface area contributed by atoms with Crippen LogP contribution >= 0.6 is 0 Å². The van der Waals surface area contributed by atoms with E-state index in [2.05, 4.69) is 34.1 Å². The monoisotopic (exact) mass is 502 g/mol. The lowest BCUT2D eigenvalue weighted by Crippen LogP contribution is -2.47. The Hall–Kier alpha value is -3.46. The SMILES string of the molecule is NS(=O)(=O)c1cccc2c(C(Cc3ccc(O)cc3)CN3CCN(c4ccccc4)CC3)nccc12.